The van der Waals surface area contributed by atoms with Crippen LogP contribution in [0.15, 0.2) is 22.9 Å². The van der Waals surface area contributed by atoms with Gasteiger partial charge in [-0.25, -0.2) is 4.79 Å². The first-order valence-electron chi connectivity index (χ1n) is 8.14. The van der Waals surface area contributed by atoms with Crippen LogP contribution in [-0.4, -0.2) is 62.9 Å². The molecule has 0 spiro atoms. The Bertz CT molecular complexity index is 697. The summed E-state index contributed by atoms with van der Waals surface area (Å²) in [6.07, 6.45) is 4.68. The maximum atomic E-state index is 12.5. The predicted octanol–water partition coefficient (Wildman–Crippen LogP) is 0.136. The van der Waals surface area contributed by atoms with Gasteiger partial charge in [-0.15, -0.1) is 11.8 Å². The summed E-state index contributed by atoms with van der Waals surface area (Å²) in [5.41, 5.74) is 6.88. The Kier molecular flexibility index (Phi) is 3.69. The molecule has 2 amide bonds. The van der Waals surface area contributed by atoms with Gasteiger partial charge >= 0.3 is 5.97 Å². The van der Waals surface area contributed by atoms with Crippen molar-refractivity contribution >= 4 is 29.5 Å². The minimum Gasteiger partial charge on any atom is -0.477 e. The minimum atomic E-state index is -1.15. The Hall–Kier alpha value is -1.80. The number of rotatable bonds is 4. The van der Waals surface area contributed by atoms with Gasteiger partial charge in [0.1, 0.15) is 17.1 Å². The van der Waals surface area contributed by atoms with E-state index in [-0.39, 0.29) is 22.9 Å². The number of amides is 2. The Morgan fingerprint density at radius 3 is 2.79 bits per heavy atom. The molecule has 8 heteroatoms. The van der Waals surface area contributed by atoms with Crippen molar-refractivity contribution in [1.82, 2.24) is 9.80 Å². The lowest BCUT2D eigenvalue weighted by Crippen LogP contribution is -2.68. The number of hydrogen-bond donors (Lipinski definition) is 2. The second kappa shape index (κ2) is 5.63. The summed E-state index contributed by atoms with van der Waals surface area (Å²) >= 11 is 1.45. The monoisotopic (exact) mass is 349 g/mol. The molecule has 1 saturated carbocycles. The number of thioether (sulfide) groups is 1. The molecular formula is C16H19N3O4S. The number of carbonyl (C=O) groups excluding carboxylic acids is 2. The highest BCUT2D eigenvalue weighted by Crippen LogP contribution is 2.40. The van der Waals surface area contributed by atoms with E-state index in [1.807, 2.05) is 4.90 Å². The lowest BCUT2D eigenvalue weighted by molar-refractivity contribution is -0.147. The normalized spacial score (nSPS) is 31.6. The van der Waals surface area contributed by atoms with Gasteiger partial charge in [-0.05, 0) is 36.8 Å². The number of likely N-dealkylation sites (tertiary alicyclic amines) is 1. The summed E-state index contributed by atoms with van der Waals surface area (Å²) in [6, 6.07) is -0.638. The number of allylic oxidation sites excluding steroid dienone is 1. The first kappa shape index (κ1) is 15.7. The van der Waals surface area contributed by atoms with Gasteiger partial charge in [0.05, 0.1) is 0 Å². The van der Waals surface area contributed by atoms with Crippen LogP contribution in [0, 0.1) is 5.92 Å². The molecule has 0 unspecified atom stereocenters. The van der Waals surface area contributed by atoms with E-state index in [2.05, 4.69) is 0 Å². The third-order valence-corrected chi connectivity index (χ3v) is 6.30. The molecule has 0 aromatic heterocycles. The van der Waals surface area contributed by atoms with E-state index in [1.54, 1.807) is 6.08 Å². The summed E-state index contributed by atoms with van der Waals surface area (Å²) in [5, 5.41) is 9.22. The highest BCUT2D eigenvalue weighted by Gasteiger charge is 2.51. The first-order valence-corrected chi connectivity index (χ1v) is 9.19. The molecule has 3 N–H and O–H groups in total. The summed E-state index contributed by atoms with van der Waals surface area (Å²) in [5.74, 6) is -0.434. The van der Waals surface area contributed by atoms with Gasteiger partial charge in [0.25, 0.3) is 0 Å². The molecule has 24 heavy (non-hydrogen) atoms. The van der Waals surface area contributed by atoms with E-state index in [9.17, 15) is 19.5 Å². The first-order chi connectivity index (χ1) is 11.5. The second-order valence-corrected chi connectivity index (χ2v) is 7.83. The number of hydrogen-bond acceptors (Lipinski definition) is 5. The zero-order chi connectivity index (χ0) is 17.0. The number of carbonyl (C=O) groups is 3. The van der Waals surface area contributed by atoms with Crippen LogP contribution in [0.5, 0.6) is 0 Å². The SMILES string of the molecule is N[C@@H]1C(=O)N2C(C(=O)O)=C(C=C3CCN(CC4CC4)C3=O)CS[C@H]12. The van der Waals surface area contributed by atoms with Crippen molar-refractivity contribution in [3.63, 3.8) is 0 Å². The Morgan fingerprint density at radius 1 is 1.38 bits per heavy atom. The number of fused-ring (bicyclic) bond motifs is 1. The van der Waals surface area contributed by atoms with Crippen LogP contribution in [0.3, 0.4) is 0 Å². The van der Waals surface area contributed by atoms with Crippen molar-refractivity contribution in [2.45, 2.75) is 30.7 Å². The number of β-lactam (4-membered cyclic amide) rings is 1. The quantitative estimate of drug-likeness (QED) is 0.552. The Balaban J connectivity index is 1.61. The highest BCUT2D eigenvalue weighted by atomic mass is 32.2. The van der Waals surface area contributed by atoms with Crippen molar-refractivity contribution in [3.8, 4) is 0 Å². The number of carboxylic acid groups (broad SMARTS) is 1. The van der Waals surface area contributed by atoms with Gasteiger partial charge in [-0.3, -0.25) is 14.5 Å². The van der Waals surface area contributed by atoms with Crippen LogP contribution >= 0.6 is 11.8 Å². The van der Waals surface area contributed by atoms with Gasteiger partial charge in [0, 0.05) is 24.4 Å². The lowest BCUT2D eigenvalue weighted by atomic mass is 10.0. The van der Waals surface area contributed by atoms with E-state index in [0.29, 0.717) is 35.8 Å². The van der Waals surface area contributed by atoms with Gasteiger partial charge < -0.3 is 15.7 Å². The fraction of sp³-hybridized carbons (Fsp3) is 0.562. The van der Waals surface area contributed by atoms with Crippen LogP contribution in [0.4, 0.5) is 0 Å². The molecule has 0 aromatic rings. The third kappa shape index (κ3) is 2.44. The molecule has 1 aliphatic carbocycles. The molecule has 3 fully saturated rings. The summed E-state index contributed by atoms with van der Waals surface area (Å²) in [6.45, 7) is 1.50. The molecule has 0 radical (unpaired) electrons. The molecule has 3 heterocycles. The zero-order valence-electron chi connectivity index (χ0n) is 13.1. The van der Waals surface area contributed by atoms with Crippen LogP contribution in [0.2, 0.25) is 0 Å². The van der Waals surface area contributed by atoms with E-state index in [0.717, 1.165) is 6.54 Å². The van der Waals surface area contributed by atoms with Gasteiger partial charge in [0.15, 0.2) is 0 Å². The van der Waals surface area contributed by atoms with Gasteiger partial charge in [0.2, 0.25) is 11.8 Å². The molecular weight excluding hydrogens is 330 g/mol. The van der Waals surface area contributed by atoms with Crippen molar-refractivity contribution in [2.75, 3.05) is 18.8 Å². The summed E-state index contributed by atoms with van der Waals surface area (Å²) in [7, 11) is 0. The Labute approximate surface area is 143 Å². The van der Waals surface area contributed by atoms with Crippen molar-refractivity contribution in [1.29, 1.82) is 0 Å². The fourth-order valence-corrected chi connectivity index (χ4v) is 4.70. The predicted molar refractivity (Wildman–Crippen MR) is 87.7 cm³/mol. The molecule has 128 valence electrons. The molecule has 0 aromatic carbocycles. The molecule has 2 saturated heterocycles. The molecule has 7 nitrogen and oxygen atoms in total. The maximum absolute atomic E-state index is 12.5. The lowest BCUT2D eigenvalue weighted by Gasteiger charge is -2.47. The van der Waals surface area contributed by atoms with Crippen molar-refractivity contribution < 1.29 is 19.5 Å². The molecule has 4 aliphatic rings. The van der Waals surface area contributed by atoms with E-state index < -0.39 is 12.0 Å². The molecule has 0 bridgehead atoms. The van der Waals surface area contributed by atoms with Gasteiger partial charge in [-0.1, -0.05) is 0 Å². The highest BCUT2D eigenvalue weighted by molar-refractivity contribution is 8.00. The van der Waals surface area contributed by atoms with Crippen molar-refractivity contribution in [3.05, 3.63) is 22.9 Å². The average molecular weight is 349 g/mol. The summed E-state index contributed by atoms with van der Waals surface area (Å²) in [4.78, 5) is 39.2. The minimum absolute atomic E-state index is 0.00194. The van der Waals surface area contributed by atoms with Crippen LogP contribution in [0.1, 0.15) is 19.3 Å². The number of nitrogens with zero attached hydrogens (tertiary/aromatic N) is 2. The number of aliphatic carboxylic acids is 1. The number of nitrogens with two attached hydrogens (primary N) is 1. The molecule has 4 rings (SSSR count). The zero-order valence-corrected chi connectivity index (χ0v) is 13.9. The maximum Gasteiger partial charge on any atom is 0.352 e. The second-order valence-electron chi connectivity index (χ2n) is 6.73. The van der Waals surface area contributed by atoms with Crippen molar-refractivity contribution in [2.24, 2.45) is 11.7 Å². The van der Waals surface area contributed by atoms with Crippen LogP contribution in [0.25, 0.3) is 0 Å². The average Bonchev–Trinajstić information content (AvgIpc) is 3.32. The van der Waals surface area contributed by atoms with E-state index >= 15 is 0 Å². The Morgan fingerprint density at radius 2 is 2.12 bits per heavy atom. The largest absolute Gasteiger partial charge is 0.477 e. The number of carboxylic acids is 1. The van der Waals surface area contributed by atoms with Crippen LogP contribution in [-0.2, 0) is 14.4 Å². The molecule has 3 aliphatic heterocycles. The van der Waals surface area contributed by atoms with E-state index in [4.69, 9.17) is 5.73 Å². The van der Waals surface area contributed by atoms with Gasteiger partial charge in [-0.2, -0.15) is 0 Å². The topological polar surface area (TPSA) is 104 Å². The van der Waals surface area contributed by atoms with Crippen LogP contribution < -0.4 is 5.73 Å². The standard InChI is InChI=1S/C16H19N3O4S/c17-11-14(21)19-12(16(22)23)10(7-24-15(11)19)5-9-3-4-18(13(9)20)6-8-1-2-8/h5,8,11,15H,1-4,6-7,17H2,(H,22,23)/t11-,15-/m1/s1. The summed E-state index contributed by atoms with van der Waals surface area (Å²) < 4.78 is 0. The third-order valence-electron chi connectivity index (χ3n) is 4.98. The fourth-order valence-electron chi connectivity index (χ4n) is 3.45. The molecule has 2 atom stereocenters. The smallest absolute Gasteiger partial charge is 0.352 e. The van der Waals surface area contributed by atoms with E-state index in [1.165, 1.54) is 29.5 Å².